The van der Waals surface area contributed by atoms with E-state index in [-0.39, 0.29) is 17.4 Å². The Morgan fingerprint density at radius 2 is 1.87 bits per heavy atom. The first-order chi connectivity index (χ1) is 18.1. The van der Waals surface area contributed by atoms with Gasteiger partial charge in [0.15, 0.2) is 12.6 Å². The van der Waals surface area contributed by atoms with Crippen LogP contribution in [0.4, 0.5) is 0 Å². The molecule has 0 unspecified atom stereocenters. The molecule has 7 atom stereocenters. The first-order valence-electron chi connectivity index (χ1n) is 13.8. The topological polar surface area (TPSA) is 108 Å². The van der Waals surface area contributed by atoms with Gasteiger partial charge in [0.1, 0.15) is 5.60 Å². The zero-order valence-corrected chi connectivity index (χ0v) is 22.3. The van der Waals surface area contributed by atoms with Gasteiger partial charge in [-0.2, -0.15) is 0 Å². The molecule has 3 N–H and O–H groups in total. The van der Waals surface area contributed by atoms with Gasteiger partial charge in [0, 0.05) is 5.41 Å². The van der Waals surface area contributed by atoms with Crippen LogP contribution in [0.3, 0.4) is 0 Å². The molecule has 7 heteroatoms. The van der Waals surface area contributed by atoms with Crippen LogP contribution in [0.2, 0.25) is 0 Å². The smallest absolute Gasteiger partial charge is 0.330 e. The monoisotopic (exact) mass is 518 g/mol. The van der Waals surface area contributed by atoms with Gasteiger partial charge < -0.3 is 20.4 Å². The van der Waals surface area contributed by atoms with E-state index in [0.717, 1.165) is 50.7 Å². The number of hydrogen-bond acceptors (Lipinski definition) is 5. The van der Waals surface area contributed by atoms with Crippen molar-refractivity contribution in [2.45, 2.75) is 76.9 Å². The second kappa shape index (κ2) is 9.89. The minimum absolute atomic E-state index is 0.0991. The lowest BCUT2D eigenvalue weighted by atomic mass is 9.46. The third-order valence-corrected chi connectivity index (χ3v) is 10.4. The Hall–Kier alpha value is -3.11. The van der Waals surface area contributed by atoms with Crippen molar-refractivity contribution in [3.05, 3.63) is 47.5 Å². The Morgan fingerprint density at radius 1 is 1.13 bits per heavy atom. The Morgan fingerprint density at radius 3 is 2.58 bits per heavy atom. The van der Waals surface area contributed by atoms with Crippen molar-refractivity contribution in [2.24, 2.45) is 33.7 Å². The largest absolute Gasteiger partial charge is 0.479 e. The lowest BCUT2D eigenvalue weighted by Crippen LogP contribution is -2.54. The molecule has 0 spiro atoms. The maximum atomic E-state index is 12.4. The number of nitrogens with one attached hydrogen (secondary N) is 1. The van der Waals surface area contributed by atoms with Crippen LogP contribution in [0.5, 0.6) is 0 Å². The number of carbonyl (C=O) groups is 2. The normalized spacial score (nSPS) is 37.6. The molecular weight excluding hydrogens is 480 g/mol. The lowest BCUT2D eigenvalue weighted by molar-refractivity contribution is -0.142. The van der Waals surface area contributed by atoms with Crippen molar-refractivity contribution in [3.63, 3.8) is 0 Å². The number of terminal acetylenes is 1. The number of carboxylic acids is 1. The molecule has 0 heterocycles. The predicted molar refractivity (Wildman–Crippen MR) is 144 cm³/mol. The maximum absolute atomic E-state index is 12.4. The van der Waals surface area contributed by atoms with Crippen LogP contribution in [0.15, 0.2) is 47.1 Å². The summed E-state index contributed by atoms with van der Waals surface area (Å²) >= 11 is 0. The van der Waals surface area contributed by atoms with E-state index in [1.165, 1.54) is 5.57 Å². The van der Waals surface area contributed by atoms with Gasteiger partial charge >= 0.3 is 5.97 Å². The summed E-state index contributed by atoms with van der Waals surface area (Å²) in [5.74, 6) is 2.69. The molecule has 4 aliphatic rings. The molecule has 0 radical (unpaired) electrons. The molecule has 7 nitrogen and oxygen atoms in total. The minimum Gasteiger partial charge on any atom is -0.479 e. The van der Waals surface area contributed by atoms with E-state index in [1.54, 1.807) is 30.3 Å². The van der Waals surface area contributed by atoms with Gasteiger partial charge in [0.25, 0.3) is 5.91 Å². The van der Waals surface area contributed by atoms with Crippen molar-refractivity contribution in [3.8, 4) is 12.3 Å². The SMILES string of the molecule is C#C[C@@]1(O)CC[C@@H]2[C@@H]3CCC4=C/C(=N/OCC(=O)N[C@@H](C(=O)O)c5ccccc5)CC[C@]4(C)[C@H]3CC[C@@]21C. The number of amides is 1. The van der Waals surface area contributed by atoms with Gasteiger partial charge in [0.05, 0.1) is 5.71 Å². The number of aliphatic carboxylic acids is 1. The van der Waals surface area contributed by atoms with E-state index >= 15 is 0 Å². The number of nitrogens with zero attached hydrogens (tertiary/aromatic N) is 1. The molecule has 202 valence electrons. The van der Waals surface area contributed by atoms with Crippen LogP contribution in [0, 0.1) is 40.9 Å². The van der Waals surface area contributed by atoms with Crippen molar-refractivity contribution < 1.29 is 24.6 Å². The number of aliphatic hydroxyl groups is 1. The van der Waals surface area contributed by atoms with Gasteiger partial charge in [-0.05, 0) is 86.2 Å². The first kappa shape index (κ1) is 26.5. The summed E-state index contributed by atoms with van der Waals surface area (Å²) in [6, 6.07) is 7.44. The summed E-state index contributed by atoms with van der Waals surface area (Å²) in [4.78, 5) is 29.4. The van der Waals surface area contributed by atoms with Crippen LogP contribution in [-0.4, -0.2) is 40.0 Å². The number of oxime groups is 1. The van der Waals surface area contributed by atoms with E-state index in [4.69, 9.17) is 11.3 Å². The lowest BCUT2D eigenvalue weighted by Gasteiger charge is -2.58. The highest BCUT2D eigenvalue weighted by Crippen LogP contribution is 2.67. The number of benzene rings is 1. The van der Waals surface area contributed by atoms with Crippen LogP contribution in [0.25, 0.3) is 0 Å². The van der Waals surface area contributed by atoms with Crippen LogP contribution >= 0.6 is 0 Å². The van der Waals surface area contributed by atoms with Gasteiger partial charge in [-0.25, -0.2) is 4.79 Å². The molecule has 1 amide bonds. The van der Waals surface area contributed by atoms with Crippen LogP contribution < -0.4 is 5.32 Å². The average Bonchev–Trinajstić information content (AvgIpc) is 3.18. The average molecular weight is 519 g/mol. The highest BCUT2D eigenvalue weighted by atomic mass is 16.6. The van der Waals surface area contributed by atoms with Crippen LogP contribution in [0.1, 0.15) is 76.8 Å². The maximum Gasteiger partial charge on any atom is 0.330 e. The van der Waals surface area contributed by atoms with Gasteiger partial charge in [-0.3, -0.25) is 4.79 Å². The second-order valence-corrected chi connectivity index (χ2v) is 12.1. The standard InChI is InChI=1S/C31H38N2O5/c1-4-31(37)17-14-25-23-11-10-21-18-22(12-15-29(21,2)24(23)13-16-30(25,31)3)33-38-19-26(34)32-27(28(35)36)20-8-6-5-7-9-20/h1,5-9,18,23-25,27,37H,10-17,19H2,2-3H3,(H,32,34)(H,35,36)/b33-22+/t23-,24+,25-,27-,29+,30+,31-/m1/s1. The zero-order valence-electron chi connectivity index (χ0n) is 22.3. The molecule has 1 aromatic carbocycles. The zero-order chi connectivity index (χ0) is 27.1. The second-order valence-electron chi connectivity index (χ2n) is 12.1. The van der Waals surface area contributed by atoms with E-state index in [9.17, 15) is 19.8 Å². The summed E-state index contributed by atoms with van der Waals surface area (Å²) in [5.41, 5.74) is 1.64. The molecule has 0 aliphatic heterocycles. The Kier molecular flexibility index (Phi) is 6.89. The fraction of sp³-hybridized carbons (Fsp3) is 0.581. The molecule has 4 aliphatic carbocycles. The number of hydrogen-bond donors (Lipinski definition) is 3. The third kappa shape index (κ3) is 4.33. The molecule has 5 rings (SSSR count). The Labute approximate surface area is 224 Å². The van der Waals surface area contributed by atoms with E-state index in [2.05, 4.69) is 36.3 Å². The highest BCUT2D eigenvalue weighted by molar-refractivity contribution is 5.96. The van der Waals surface area contributed by atoms with Crippen molar-refractivity contribution in [1.29, 1.82) is 0 Å². The molecule has 1 aromatic rings. The molecular formula is C31H38N2O5. The van der Waals surface area contributed by atoms with E-state index in [0.29, 0.717) is 29.7 Å². The summed E-state index contributed by atoms with van der Waals surface area (Å²) in [7, 11) is 0. The van der Waals surface area contributed by atoms with Crippen molar-refractivity contribution in [2.75, 3.05) is 6.61 Å². The number of carbonyl (C=O) groups excluding carboxylic acids is 1. The molecule has 38 heavy (non-hydrogen) atoms. The van der Waals surface area contributed by atoms with E-state index < -0.39 is 23.5 Å². The van der Waals surface area contributed by atoms with Gasteiger partial charge in [0.2, 0.25) is 0 Å². The summed E-state index contributed by atoms with van der Waals surface area (Å²) in [5, 5.41) is 27.5. The molecule has 3 fully saturated rings. The van der Waals surface area contributed by atoms with Crippen molar-refractivity contribution in [1.82, 2.24) is 5.32 Å². The highest BCUT2D eigenvalue weighted by Gasteiger charge is 2.63. The number of allylic oxidation sites excluding steroid dienone is 2. The Balaban J connectivity index is 1.22. The summed E-state index contributed by atoms with van der Waals surface area (Å²) in [6.45, 7) is 4.26. The Bertz CT molecular complexity index is 1200. The first-order valence-corrected chi connectivity index (χ1v) is 13.8. The number of fused-ring (bicyclic) bond motifs is 5. The fourth-order valence-electron chi connectivity index (χ4n) is 8.21. The quantitative estimate of drug-likeness (QED) is 0.376. The van der Waals surface area contributed by atoms with Crippen molar-refractivity contribution >= 4 is 17.6 Å². The molecule has 0 saturated heterocycles. The predicted octanol–water partition coefficient (Wildman–Crippen LogP) is 4.63. The third-order valence-electron chi connectivity index (χ3n) is 10.4. The van der Waals surface area contributed by atoms with Gasteiger partial charge in [-0.1, -0.05) is 60.8 Å². The van der Waals surface area contributed by atoms with Crippen LogP contribution in [-0.2, 0) is 14.4 Å². The van der Waals surface area contributed by atoms with Gasteiger partial charge in [-0.15, -0.1) is 6.42 Å². The number of rotatable bonds is 6. The van der Waals surface area contributed by atoms with E-state index in [1.807, 2.05) is 0 Å². The number of carboxylic acid groups (broad SMARTS) is 1. The summed E-state index contributed by atoms with van der Waals surface area (Å²) < 4.78 is 0. The minimum atomic E-state index is -1.14. The summed E-state index contributed by atoms with van der Waals surface area (Å²) in [6.07, 6.45) is 15.5. The molecule has 0 aromatic heterocycles. The molecule has 3 saturated carbocycles. The molecule has 0 bridgehead atoms. The fourth-order valence-corrected chi connectivity index (χ4v) is 8.21.